The summed E-state index contributed by atoms with van der Waals surface area (Å²) in [5.74, 6) is 1.19. The molecule has 2 aliphatic heterocycles. The number of methoxy groups -OCH3 is 1. The van der Waals surface area contributed by atoms with E-state index in [2.05, 4.69) is 35.2 Å². The summed E-state index contributed by atoms with van der Waals surface area (Å²) in [7, 11) is 1.42. The van der Waals surface area contributed by atoms with Gasteiger partial charge in [-0.25, -0.2) is 0 Å². The molecule has 6 nitrogen and oxygen atoms in total. The maximum absolute atomic E-state index is 13.2. The summed E-state index contributed by atoms with van der Waals surface area (Å²) in [5, 5.41) is 2.33. The smallest absolute Gasteiger partial charge is 0.311 e. The monoisotopic (exact) mass is 446 g/mol. The topological polar surface area (TPSA) is 63.0 Å². The maximum Gasteiger partial charge on any atom is 0.311 e. The number of amides is 1. The van der Waals surface area contributed by atoms with Crippen molar-refractivity contribution in [2.45, 2.75) is 44.8 Å². The van der Waals surface area contributed by atoms with E-state index in [1.165, 1.54) is 12.5 Å². The quantitative estimate of drug-likeness (QED) is 0.547. The summed E-state index contributed by atoms with van der Waals surface area (Å²) < 4.78 is 10.9. The lowest BCUT2D eigenvalue weighted by Gasteiger charge is -2.47. The fourth-order valence-electron chi connectivity index (χ4n) is 5.63. The molecule has 1 atom stereocenters. The second-order valence-electron chi connectivity index (χ2n) is 9.33. The number of likely N-dealkylation sites (tertiary alicyclic amines) is 2. The van der Waals surface area contributed by atoms with Gasteiger partial charge in [0.1, 0.15) is 11.5 Å². The van der Waals surface area contributed by atoms with Gasteiger partial charge in [0.2, 0.25) is 5.91 Å². The molecule has 2 fully saturated rings. The van der Waals surface area contributed by atoms with Crippen molar-refractivity contribution >= 4 is 22.6 Å². The SMILES string of the molecule is COC(=O)C1CC(=O)N(Cc2ccc3ccccc3c2)C12CCN(Cc1ccc(C)o1)CC2. The lowest BCUT2D eigenvalue weighted by molar-refractivity contribution is -0.150. The van der Waals surface area contributed by atoms with E-state index < -0.39 is 11.5 Å². The number of fused-ring (bicyclic) bond motifs is 1. The predicted octanol–water partition coefficient (Wildman–Crippen LogP) is 4.30. The van der Waals surface area contributed by atoms with Crippen LogP contribution in [0, 0.1) is 12.8 Å². The number of carbonyl (C=O) groups excluding carboxylic acids is 2. The number of aryl methyl sites for hydroxylation is 1. The van der Waals surface area contributed by atoms with Crippen LogP contribution in [0.1, 0.15) is 36.3 Å². The molecule has 1 unspecified atom stereocenters. The Bertz CT molecular complexity index is 1180. The maximum atomic E-state index is 13.2. The van der Waals surface area contributed by atoms with Gasteiger partial charge in [-0.2, -0.15) is 0 Å². The molecule has 0 saturated carbocycles. The fraction of sp³-hybridized carbons (Fsp3) is 0.407. The van der Waals surface area contributed by atoms with Crippen LogP contribution in [0.3, 0.4) is 0 Å². The number of esters is 1. The van der Waals surface area contributed by atoms with Crippen molar-refractivity contribution in [3.05, 3.63) is 71.7 Å². The Morgan fingerprint density at radius 2 is 1.82 bits per heavy atom. The standard InChI is InChI=1S/C27H30N2O4/c1-19-7-10-23(33-19)18-28-13-11-27(12-14-28)24(26(31)32-2)16-25(30)29(27)17-20-8-9-21-5-3-4-6-22(21)15-20/h3-10,15,24H,11-14,16-18H2,1-2H3. The first-order valence-corrected chi connectivity index (χ1v) is 11.6. The van der Waals surface area contributed by atoms with Gasteiger partial charge in [-0.1, -0.05) is 36.4 Å². The number of ether oxygens (including phenoxy) is 1. The third-order valence-electron chi connectivity index (χ3n) is 7.40. The Kier molecular flexibility index (Phi) is 5.71. The molecule has 33 heavy (non-hydrogen) atoms. The third kappa shape index (κ3) is 4.04. The molecule has 1 spiro atoms. The predicted molar refractivity (Wildman–Crippen MR) is 125 cm³/mol. The first-order chi connectivity index (χ1) is 16.0. The van der Waals surface area contributed by atoms with Gasteiger partial charge >= 0.3 is 5.97 Å². The van der Waals surface area contributed by atoms with Gasteiger partial charge in [0.15, 0.2) is 0 Å². The molecule has 0 aliphatic carbocycles. The molecular formula is C27H30N2O4. The van der Waals surface area contributed by atoms with Crippen LogP contribution in [0.25, 0.3) is 10.8 Å². The Hall–Kier alpha value is -3.12. The number of nitrogens with zero attached hydrogens (tertiary/aromatic N) is 2. The zero-order valence-corrected chi connectivity index (χ0v) is 19.3. The van der Waals surface area contributed by atoms with Crippen molar-refractivity contribution in [2.24, 2.45) is 5.92 Å². The number of hydrogen-bond acceptors (Lipinski definition) is 5. The Morgan fingerprint density at radius 3 is 2.52 bits per heavy atom. The van der Waals surface area contributed by atoms with E-state index in [9.17, 15) is 9.59 Å². The van der Waals surface area contributed by atoms with E-state index >= 15 is 0 Å². The van der Waals surface area contributed by atoms with Gasteiger partial charge in [-0.05, 0) is 54.3 Å². The molecule has 2 saturated heterocycles. The van der Waals surface area contributed by atoms with Crippen molar-refractivity contribution in [1.82, 2.24) is 9.80 Å². The molecule has 1 aromatic heterocycles. The number of piperidine rings is 1. The Labute approximate surface area is 194 Å². The van der Waals surface area contributed by atoms with Crippen molar-refractivity contribution in [3.8, 4) is 0 Å². The Morgan fingerprint density at radius 1 is 1.06 bits per heavy atom. The van der Waals surface area contributed by atoms with Crippen LogP contribution in [0.4, 0.5) is 0 Å². The van der Waals surface area contributed by atoms with E-state index in [1.807, 2.05) is 36.1 Å². The van der Waals surface area contributed by atoms with E-state index in [0.29, 0.717) is 6.54 Å². The van der Waals surface area contributed by atoms with Gasteiger partial charge < -0.3 is 14.1 Å². The molecule has 2 aromatic carbocycles. The van der Waals surface area contributed by atoms with Crippen LogP contribution in [0.2, 0.25) is 0 Å². The number of rotatable bonds is 5. The fourth-order valence-corrected chi connectivity index (χ4v) is 5.63. The molecule has 2 aliphatic rings. The second kappa shape index (κ2) is 8.67. The molecular weight excluding hydrogens is 416 g/mol. The molecule has 0 N–H and O–H groups in total. The van der Waals surface area contributed by atoms with E-state index in [0.717, 1.165) is 54.9 Å². The van der Waals surface area contributed by atoms with E-state index in [4.69, 9.17) is 9.15 Å². The average molecular weight is 447 g/mol. The molecule has 0 bridgehead atoms. The number of carbonyl (C=O) groups is 2. The van der Waals surface area contributed by atoms with Crippen LogP contribution < -0.4 is 0 Å². The van der Waals surface area contributed by atoms with Crippen molar-refractivity contribution in [1.29, 1.82) is 0 Å². The highest BCUT2D eigenvalue weighted by Crippen LogP contribution is 2.45. The summed E-state index contributed by atoms with van der Waals surface area (Å²) in [6.45, 7) is 4.80. The van der Waals surface area contributed by atoms with E-state index in [-0.39, 0.29) is 18.3 Å². The highest BCUT2D eigenvalue weighted by molar-refractivity contribution is 5.89. The summed E-state index contributed by atoms with van der Waals surface area (Å²) in [6, 6.07) is 18.6. The minimum absolute atomic E-state index is 0.0358. The largest absolute Gasteiger partial charge is 0.469 e. The minimum atomic E-state index is -0.509. The van der Waals surface area contributed by atoms with Crippen molar-refractivity contribution in [3.63, 3.8) is 0 Å². The van der Waals surface area contributed by atoms with Crippen LogP contribution in [-0.2, 0) is 27.4 Å². The first kappa shape index (κ1) is 21.7. The third-order valence-corrected chi connectivity index (χ3v) is 7.40. The van der Waals surface area contributed by atoms with Crippen molar-refractivity contribution < 1.29 is 18.7 Å². The van der Waals surface area contributed by atoms with E-state index in [1.54, 1.807) is 0 Å². The number of hydrogen-bond donors (Lipinski definition) is 0. The molecule has 3 aromatic rings. The summed E-state index contributed by atoms with van der Waals surface area (Å²) >= 11 is 0. The molecule has 1 amide bonds. The highest BCUT2D eigenvalue weighted by atomic mass is 16.5. The molecule has 0 radical (unpaired) electrons. The normalized spacial score (nSPS) is 20.6. The van der Waals surface area contributed by atoms with Gasteiger partial charge in [-0.15, -0.1) is 0 Å². The van der Waals surface area contributed by atoms with Crippen LogP contribution in [-0.4, -0.2) is 47.4 Å². The number of furan rings is 1. The zero-order valence-electron chi connectivity index (χ0n) is 19.3. The summed E-state index contributed by atoms with van der Waals surface area (Å²) in [5.41, 5.74) is 0.575. The van der Waals surface area contributed by atoms with Gasteiger partial charge in [-0.3, -0.25) is 14.5 Å². The Balaban J connectivity index is 1.39. The van der Waals surface area contributed by atoms with Crippen LogP contribution in [0.15, 0.2) is 59.0 Å². The lowest BCUT2D eigenvalue weighted by atomic mass is 9.76. The molecule has 6 heteroatoms. The first-order valence-electron chi connectivity index (χ1n) is 11.6. The van der Waals surface area contributed by atoms with Crippen LogP contribution >= 0.6 is 0 Å². The van der Waals surface area contributed by atoms with Gasteiger partial charge in [0, 0.05) is 26.1 Å². The molecule has 5 rings (SSSR count). The van der Waals surface area contributed by atoms with Crippen LogP contribution in [0.5, 0.6) is 0 Å². The molecule has 172 valence electrons. The summed E-state index contributed by atoms with van der Waals surface area (Å²) in [6.07, 6.45) is 1.70. The lowest BCUT2D eigenvalue weighted by Crippen LogP contribution is -2.57. The summed E-state index contributed by atoms with van der Waals surface area (Å²) in [4.78, 5) is 30.3. The van der Waals surface area contributed by atoms with Crippen molar-refractivity contribution in [2.75, 3.05) is 20.2 Å². The second-order valence-corrected chi connectivity index (χ2v) is 9.33. The van der Waals surface area contributed by atoms with Gasteiger partial charge in [0.25, 0.3) is 0 Å². The average Bonchev–Trinajstić information content (AvgIpc) is 3.36. The zero-order chi connectivity index (χ0) is 23.0. The highest BCUT2D eigenvalue weighted by Gasteiger charge is 2.56. The molecule has 3 heterocycles. The minimum Gasteiger partial charge on any atom is -0.469 e. The number of benzene rings is 2. The van der Waals surface area contributed by atoms with Gasteiger partial charge in [0.05, 0.1) is 25.1 Å².